The normalized spacial score (nSPS) is 14.2. The zero-order valence-corrected chi connectivity index (χ0v) is 18.2. The molecule has 2 rings (SSSR count). The number of rotatable bonds is 14. The van der Waals surface area contributed by atoms with Crippen LogP contribution < -0.4 is 11.1 Å². The van der Waals surface area contributed by atoms with E-state index in [-0.39, 0.29) is 24.1 Å². The second-order valence-corrected chi connectivity index (χ2v) is 8.08. The van der Waals surface area contributed by atoms with E-state index in [1.807, 2.05) is 12.1 Å². The van der Waals surface area contributed by atoms with Gasteiger partial charge in [0.05, 0.1) is 0 Å². The summed E-state index contributed by atoms with van der Waals surface area (Å²) in [5.41, 5.74) is 6.93. The molecular weight excluding hydrogens is 370 g/mol. The fourth-order valence-corrected chi connectivity index (χ4v) is 3.57. The van der Waals surface area contributed by atoms with Gasteiger partial charge < -0.3 is 11.1 Å². The van der Waals surface area contributed by atoms with Gasteiger partial charge in [0, 0.05) is 5.69 Å². The number of amidine groups is 1. The quantitative estimate of drug-likeness (QED) is 0.194. The molecule has 0 radical (unpaired) electrons. The molecule has 1 fully saturated rings. The third kappa shape index (κ3) is 7.83. The van der Waals surface area contributed by atoms with Crippen molar-refractivity contribution in [3.63, 3.8) is 0 Å². The van der Waals surface area contributed by atoms with Gasteiger partial charge in [-0.3, -0.25) is 10.2 Å². The first-order valence-corrected chi connectivity index (χ1v) is 10.8. The summed E-state index contributed by atoms with van der Waals surface area (Å²) in [5, 5.41) is 10.5. The van der Waals surface area contributed by atoms with Crippen LogP contribution in [0.4, 0.5) is 5.69 Å². The maximum Gasteiger partial charge on any atom is 0.238 e. The molecular formula is C23H38ClN3O. The Morgan fingerprint density at radius 3 is 1.93 bits per heavy atom. The maximum atomic E-state index is 12.3. The smallest absolute Gasteiger partial charge is 0.238 e. The Kier molecular flexibility index (Phi) is 11.2. The molecule has 0 spiro atoms. The molecule has 1 aliphatic rings. The Morgan fingerprint density at radius 2 is 1.46 bits per heavy atom. The van der Waals surface area contributed by atoms with Crippen molar-refractivity contribution in [1.29, 1.82) is 5.41 Å². The van der Waals surface area contributed by atoms with Gasteiger partial charge in [-0.15, -0.1) is 12.4 Å². The number of halogens is 1. The lowest BCUT2D eigenvalue weighted by atomic mass is 10.0. The zero-order chi connectivity index (χ0) is 19.5. The Balaban J connectivity index is 0.00000392. The van der Waals surface area contributed by atoms with Gasteiger partial charge in [-0.2, -0.15) is 0 Å². The Morgan fingerprint density at radius 1 is 0.964 bits per heavy atom. The lowest BCUT2D eigenvalue weighted by Gasteiger charge is -2.13. The molecule has 0 bridgehead atoms. The van der Waals surface area contributed by atoms with Crippen LogP contribution in [0.1, 0.15) is 89.5 Å². The summed E-state index contributed by atoms with van der Waals surface area (Å²) in [7, 11) is 0. The Bertz CT molecular complexity index is 596. The predicted octanol–water partition coefficient (Wildman–Crippen LogP) is 6.23. The highest BCUT2D eigenvalue weighted by molar-refractivity contribution is 6.13. The Hall–Kier alpha value is -1.55. The van der Waals surface area contributed by atoms with E-state index in [1.54, 1.807) is 0 Å². The number of amides is 1. The van der Waals surface area contributed by atoms with Crippen molar-refractivity contribution in [2.24, 2.45) is 11.1 Å². The summed E-state index contributed by atoms with van der Waals surface area (Å²) in [4.78, 5) is 12.3. The van der Waals surface area contributed by atoms with Crippen LogP contribution in [0.25, 0.3) is 0 Å². The van der Waals surface area contributed by atoms with E-state index < -0.39 is 5.41 Å². The van der Waals surface area contributed by atoms with Crippen molar-refractivity contribution in [3.05, 3.63) is 29.8 Å². The van der Waals surface area contributed by atoms with Crippen molar-refractivity contribution in [1.82, 2.24) is 0 Å². The highest BCUT2D eigenvalue weighted by Gasteiger charge is 2.53. The van der Waals surface area contributed by atoms with Gasteiger partial charge in [0.25, 0.3) is 0 Å². The van der Waals surface area contributed by atoms with Crippen LogP contribution in [0.3, 0.4) is 0 Å². The number of hydrogen-bond donors (Lipinski definition) is 3. The molecule has 0 unspecified atom stereocenters. The van der Waals surface area contributed by atoms with Gasteiger partial charge >= 0.3 is 0 Å². The van der Waals surface area contributed by atoms with E-state index in [4.69, 9.17) is 11.1 Å². The molecule has 1 amide bonds. The summed E-state index contributed by atoms with van der Waals surface area (Å²) in [5.74, 6) is -0.157. The van der Waals surface area contributed by atoms with Gasteiger partial charge in [0.1, 0.15) is 11.3 Å². The zero-order valence-electron chi connectivity index (χ0n) is 17.4. The van der Waals surface area contributed by atoms with Crippen molar-refractivity contribution < 1.29 is 4.79 Å². The monoisotopic (exact) mass is 407 g/mol. The minimum atomic E-state index is -0.741. The number of benzene rings is 1. The topological polar surface area (TPSA) is 79.0 Å². The molecule has 4 nitrogen and oxygen atoms in total. The summed E-state index contributed by atoms with van der Waals surface area (Å²) < 4.78 is 0. The number of nitrogens with two attached hydrogens (primary N) is 1. The minimum absolute atomic E-state index is 0. The fraction of sp³-hybridized carbons (Fsp3) is 0.652. The third-order valence-electron chi connectivity index (χ3n) is 5.73. The number of carbonyl (C=O) groups excluding carboxylic acids is 1. The number of unbranched alkanes of at least 4 members (excludes halogenated alkanes) is 9. The molecule has 4 N–H and O–H groups in total. The fourth-order valence-electron chi connectivity index (χ4n) is 3.57. The first-order valence-electron chi connectivity index (χ1n) is 10.8. The average Bonchev–Trinajstić information content (AvgIpc) is 3.47. The van der Waals surface area contributed by atoms with Crippen LogP contribution in [-0.2, 0) is 11.2 Å². The van der Waals surface area contributed by atoms with Gasteiger partial charge in [-0.1, -0.05) is 76.8 Å². The standard InChI is InChI=1S/C23H37N3O.ClH/c1-2-3-4-5-6-7-8-9-10-11-12-19-13-15-20(16-14-19)26-22(27)23(17-18-23)21(24)25;/h13-16H,2-12,17-18H2,1H3,(H3,24,25)(H,26,27);1H. The van der Waals surface area contributed by atoms with E-state index in [2.05, 4.69) is 24.4 Å². The van der Waals surface area contributed by atoms with E-state index in [0.29, 0.717) is 12.8 Å². The SMILES string of the molecule is CCCCCCCCCCCCc1ccc(NC(=O)C2(C(=N)N)CC2)cc1.Cl. The summed E-state index contributed by atoms with van der Waals surface area (Å²) in [6.45, 7) is 2.27. The lowest BCUT2D eigenvalue weighted by Crippen LogP contribution is -2.35. The number of hydrogen-bond acceptors (Lipinski definition) is 2. The molecule has 28 heavy (non-hydrogen) atoms. The number of aryl methyl sites for hydroxylation is 1. The predicted molar refractivity (Wildman–Crippen MR) is 121 cm³/mol. The van der Waals surface area contributed by atoms with Crippen LogP contribution in [0.5, 0.6) is 0 Å². The largest absolute Gasteiger partial charge is 0.387 e. The second-order valence-electron chi connectivity index (χ2n) is 8.08. The van der Waals surface area contributed by atoms with E-state index in [1.165, 1.54) is 69.8 Å². The molecule has 0 aliphatic heterocycles. The molecule has 0 atom stereocenters. The third-order valence-corrected chi connectivity index (χ3v) is 5.73. The number of nitrogens with one attached hydrogen (secondary N) is 2. The van der Waals surface area contributed by atoms with Crippen LogP contribution in [0, 0.1) is 10.8 Å². The van der Waals surface area contributed by atoms with Gasteiger partial charge in [0.2, 0.25) is 5.91 Å². The molecule has 1 saturated carbocycles. The highest BCUT2D eigenvalue weighted by atomic mass is 35.5. The van der Waals surface area contributed by atoms with Crippen molar-refractivity contribution >= 4 is 29.8 Å². The summed E-state index contributed by atoms with van der Waals surface area (Å²) in [6.07, 6.45) is 16.0. The van der Waals surface area contributed by atoms with Crippen LogP contribution in [-0.4, -0.2) is 11.7 Å². The minimum Gasteiger partial charge on any atom is -0.387 e. The maximum absolute atomic E-state index is 12.3. The molecule has 0 aromatic heterocycles. The molecule has 1 aliphatic carbocycles. The van der Waals surface area contributed by atoms with Gasteiger partial charge in [0.15, 0.2) is 0 Å². The first-order chi connectivity index (χ1) is 13.1. The molecule has 0 heterocycles. The van der Waals surface area contributed by atoms with Crippen LogP contribution in [0.15, 0.2) is 24.3 Å². The lowest BCUT2D eigenvalue weighted by molar-refractivity contribution is -0.119. The molecule has 1 aromatic carbocycles. The highest BCUT2D eigenvalue weighted by Crippen LogP contribution is 2.46. The van der Waals surface area contributed by atoms with Gasteiger partial charge in [-0.25, -0.2) is 0 Å². The molecule has 158 valence electrons. The summed E-state index contributed by atoms with van der Waals surface area (Å²) >= 11 is 0. The van der Waals surface area contributed by atoms with Gasteiger partial charge in [-0.05, 0) is 43.4 Å². The van der Waals surface area contributed by atoms with Crippen molar-refractivity contribution in [2.45, 2.75) is 90.4 Å². The van der Waals surface area contributed by atoms with Crippen LogP contribution in [0.2, 0.25) is 0 Å². The first kappa shape index (κ1) is 24.5. The van der Waals surface area contributed by atoms with E-state index >= 15 is 0 Å². The van der Waals surface area contributed by atoms with Crippen LogP contribution >= 0.6 is 12.4 Å². The second kappa shape index (κ2) is 12.8. The van der Waals surface area contributed by atoms with Crippen molar-refractivity contribution in [2.75, 3.05) is 5.32 Å². The van der Waals surface area contributed by atoms with Crippen molar-refractivity contribution in [3.8, 4) is 0 Å². The Labute approximate surface area is 177 Å². The average molecular weight is 408 g/mol. The van der Waals surface area contributed by atoms with E-state index in [9.17, 15) is 4.79 Å². The molecule has 0 saturated heterocycles. The number of anilines is 1. The molecule has 1 aromatic rings. The molecule has 5 heteroatoms. The van der Waals surface area contributed by atoms with E-state index in [0.717, 1.165) is 12.1 Å². The summed E-state index contributed by atoms with van der Waals surface area (Å²) in [6, 6.07) is 8.10. The number of carbonyl (C=O) groups is 1.